The Labute approximate surface area is 151 Å². The van der Waals surface area contributed by atoms with E-state index in [0.717, 1.165) is 19.3 Å². The Kier molecular flexibility index (Phi) is 8.53. The van der Waals surface area contributed by atoms with Gasteiger partial charge in [-0.25, -0.2) is 0 Å². The number of aryl methyl sites for hydroxylation is 1. The second-order valence-corrected chi connectivity index (χ2v) is 6.78. The summed E-state index contributed by atoms with van der Waals surface area (Å²) in [7, 11) is 0. The second kappa shape index (κ2) is 10.9. The van der Waals surface area contributed by atoms with E-state index in [1.807, 2.05) is 6.20 Å². The maximum absolute atomic E-state index is 10.3. The van der Waals surface area contributed by atoms with E-state index in [9.17, 15) is 4.79 Å². The number of carbonyl (C=O) groups is 1. The smallest absolute Gasteiger partial charge is 0.246 e. The van der Waals surface area contributed by atoms with Gasteiger partial charge in [0.1, 0.15) is 6.10 Å². The van der Waals surface area contributed by atoms with Gasteiger partial charge in [-0.15, -0.1) is 0 Å². The lowest BCUT2D eigenvalue weighted by Crippen LogP contribution is -2.27. The molecule has 2 fully saturated rings. The fraction of sp³-hybridized carbons (Fsp3) is 0.571. The van der Waals surface area contributed by atoms with Crippen LogP contribution in [0.25, 0.3) is 10.9 Å². The first-order valence-electron chi connectivity index (χ1n) is 9.67. The SMILES string of the molecule is C1CCCCC1.CCc1ccc2[nH]ccc2c1.NC(=O)[C@@H]1CCCO1. The average molecular weight is 344 g/mol. The summed E-state index contributed by atoms with van der Waals surface area (Å²) in [6.07, 6.45) is 13.6. The minimum absolute atomic E-state index is 0.296. The predicted molar refractivity (Wildman–Crippen MR) is 104 cm³/mol. The molecule has 2 aliphatic rings. The quantitative estimate of drug-likeness (QED) is 0.827. The van der Waals surface area contributed by atoms with Crippen molar-refractivity contribution in [2.24, 2.45) is 5.73 Å². The number of rotatable bonds is 2. The van der Waals surface area contributed by atoms with Gasteiger partial charge in [0.05, 0.1) is 0 Å². The van der Waals surface area contributed by atoms with Crippen molar-refractivity contribution in [1.82, 2.24) is 4.98 Å². The molecule has 3 N–H and O–H groups in total. The number of benzene rings is 1. The zero-order valence-electron chi connectivity index (χ0n) is 15.4. The molecule has 138 valence electrons. The number of aromatic amines is 1. The maximum Gasteiger partial charge on any atom is 0.246 e. The van der Waals surface area contributed by atoms with E-state index in [1.165, 1.54) is 55.0 Å². The monoisotopic (exact) mass is 344 g/mol. The van der Waals surface area contributed by atoms with E-state index in [4.69, 9.17) is 10.5 Å². The number of hydrogen-bond donors (Lipinski definition) is 2. The molecule has 25 heavy (non-hydrogen) atoms. The summed E-state index contributed by atoms with van der Waals surface area (Å²) in [6.45, 7) is 2.86. The summed E-state index contributed by atoms with van der Waals surface area (Å²) in [5.41, 5.74) is 7.56. The molecule has 4 heteroatoms. The summed E-state index contributed by atoms with van der Waals surface area (Å²) >= 11 is 0. The maximum atomic E-state index is 10.3. The van der Waals surface area contributed by atoms with E-state index in [0.29, 0.717) is 6.61 Å². The molecule has 1 saturated carbocycles. The van der Waals surface area contributed by atoms with E-state index in [-0.39, 0.29) is 12.0 Å². The van der Waals surface area contributed by atoms with Crippen LogP contribution in [-0.2, 0) is 16.0 Å². The van der Waals surface area contributed by atoms with Crippen LogP contribution in [0.4, 0.5) is 0 Å². The lowest BCUT2D eigenvalue weighted by molar-refractivity contribution is -0.126. The van der Waals surface area contributed by atoms with Gasteiger partial charge in [-0.2, -0.15) is 0 Å². The van der Waals surface area contributed by atoms with Crippen LogP contribution in [0.1, 0.15) is 63.9 Å². The van der Waals surface area contributed by atoms with Gasteiger partial charge in [0.2, 0.25) is 5.91 Å². The fourth-order valence-corrected chi connectivity index (χ4v) is 3.19. The number of fused-ring (bicyclic) bond motifs is 1. The molecule has 1 saturated heterocycles. The summed E-state index contributed by atoms with van der Waals surface area (Å²) in [5.74, 6) is -0.331. The van der Waals surface area contributed by atoms with Crippen LogP contribution in [0.2, 0.25) is 0 Å². The summed E-state index contributed by atoms with van der Waals surface area (Å²) < 4.78 is 4.94. The van der Waals surface area contributed by atoms with Gasteiger partial charge in [0.25, 0.3) is 0 Å². The Balaban J connectivity index is 0.000000142. The molecule has 0 bridgehead atoms. The molecule has 1 amide bonds. The predicted octanol–water partition coefficient (Wildman–Crippen LogP) is 4.72. The standard InChI is InChI=1S/C10H11N.C6H12.C5H9NO2/c1-2-8-3-4-10-9(7-8)5-6-11-10;1-2-4-6-5-3-1;6-5(7)4-2-1-3-8-4/h3-7,11H,2H2,1H3;1-6H2;4H,1-3H2,(H2,6,7)/t;;4-/m..0/s1. The van der Waals surface area contributed by atoms with Crippen LogP contribution < -0.4 is 5.73 Å². The number of H-pyrrole nitrogens is 1. The van der Waals surface area contributed by atoms with E-state index < -0.39 is 0 Å². The number of carbonyl (C=O) groups excluding carboxylic acids is 1. The lowest BCUT2D eigenvalue weighted by Gasteiger charge is -2.05. The Morgan fingerprint density at radius 2 is 1.80 bits per heavy atom. The molecule has 0 radical (unpaired) electrons. The van der Waals surface area contributed by atoms with Gasteiger partial charge in [0, 0.05) is 18.3 Å². The molecule has 0 spiro atoms. The van der Waals surface area contributed by atoms with Gasteiger partial charge in [0.15, 0.2) is 0 Å². The normalized spacial score (nSPS) is 19.5. The zero-order valence-corrected chi connectivity index (χ0v) is 15.4. The summed E-state index contributed by atoms with van der Waals surface area (Å²) in [4.78, 5) is 13.5. The Morgan fingerprint density at radius 1 is 1.12 bits per heavy atom. The highest BCUT2D eigenvalue weighted by Gasteiger charge is 2.19. The van der Waals surface area contributed by atoms with Crippen molar-refractivity contribution in [2.75, 3.05) is 6.61 Å². The van der Waals surface area contributed by atoms with E-state index >= 15 is 0 Å². The Bertz CT molecular complexity index is 614. The van der Waals surface area contributed by atoms with E-state index in [2.05, 4.69) is 36.2 Å². The van der Waals surface area contributed by atoms with Crippen LogP contribution in [0.15, 0.2) is 30.5 Å². The third-order valence-electron chi connectivity index (χ3n) is 4.77. The molecule has 1 atom stereocenters. The number of amides is 1. The van der Waals surface area contributed by atoms with Crippen LogP contribution in [0.3, 0.4) is 0 Å². The number of aromatic nitrogens is 1. The van der Waals surface area contributed by atoms with Gasteiger partial charge in [-0.05, 0) is 48.4 Å². The molecule has 1 aliphatic heterocycles. The highest BCUT2D eigenvalue weighted by atomic mass is 16.5. The van der Waals surface area contributed by atoms with Crippen molar-refractivity contribution >= 4 is 16.8 Å². The van der Waals surface area contributed by atoms with Crippen molar-refractivity contribution in [1.29, 1.82) is 0 Å². The van der Waals surface area contributed by atoms with Crippen molar-refractivity contribution < 1.29 is 9.53 Å². The molecule has 1 aliphatic carbocycles. The fourth-order valence-electron chi connectivity index (χ4n) is 3.19. The Morgan fingerprint density at radius 3 is 2.28 bits per heavy atom. The third kappa shape index (κ3) is 6.91. The minimum Gasteiger partial charge on any atom is -0.368 e. The topological polar surface area (TPSA) is 68.1 Å². The van der Waals surface area contributed by atoms with Crippen molar-refractivity contribution in [2.45, 2.75) is 70.8 Å². The van der Waals surface area contributed by atoms with Crippen LogP contribution in [0.5, 0.6) is 0 Å². The van der Waals surface area contributed by atoms with Crippen LogP contribution >= 0.6 is 0 Å². The highest BCUT2D eigenvalue weighted by molar-refractivity contribution is 5.80. The van der Waals surface area contributed by atoms with Gasteiger partial charge in [-0.3, -0.25) is 4.79 Å². The number of primary amides is 1. The van der Waals surface area contributed by atoms with Crippen LogP contribution in [0, 0.1) is 0 Å². The molecular formula is C21H32N2O2. The zero-order chi connectivity index (χ0) is 17.9. The molecule has 2 heterocycles. The molecule has 1 aromatic heterocycles. The molecule has 4 rings (SSSR count). The summed E-state index contributed by atoms with van der Waals surface area (Å²) in [5, 5.41) is 1.31. The van der Waals surface area contributed by atoms with Crippen LogP contribution in [-0.4, -0.2) is 23.6 Å². The number of hydrogen-bond acceptors (Lipinski definition) is 2. The van der Waals surface area contributed by atoms with E-state index in [1.54, 1.807) is 0 Å². The van der Waals surface area contributed by atoms with Gasteiger partial charge < -0.3 is 15.5 Å². The molecular weight excluding hydrogens is 312 g/mol. The molecule has 0 unspecified atom stereocenters. The highest BCUT2D eigenvalue weighted by Crippen LogP contribution is 2.15. The van der Waals surface area contributed by atoms with Gasteiger partial charge in [-0.1, -0.05) is 51.5 Å². The average Bonchev–Trinajstić information content (AvgIpc) is 3.35. The second-order valence-electron chi connectivity index (χ2n) is 6.78. The Hall–Kier alpha value is -1.81. The molecule has 1 aromatic carbocycles. The summed E-state index contributed by atoms with van der Waals surface area (Å²) in [6, 6.07) is 8.63. The lowest BCUT2D eigenvalue weighted by atomic mass is 10.0. The third-order valence-corrected chi connectivity index (χ3v) is 4.77. The first kappa shape index (κ1) is 19.5. The number of nitrogens with one attached hydrogen (secondary N) is 1. The number of ether oxygens (including phenoxy) is 1. The first-order valence-corrected chi connectivity index (χ1v) is 9.67. The number of nitrogens with two attached hydrogens (primary N) is 1. The molecule has 4 nitrogen and oxygen atoms in total. The van der Waals surface area contributed by atoms with Crippen molar-refractivity contribution in [3.05, 3.63) is 36.0 Å². The van der Waals surface area contributed by atoms with Crippen molar-refractivity contribution in [3.63, 3.8) is 0 Å². The minimum atomic E-state index is -0.331. The molecule has 2 aromatic rings. The first-order chi connectivity index (χ1) is 12.2. The van der Waals surface area contributed by atoms with Gasteiger partial charge >= 0.3 is 0 Å². The largest absolute Gasteiger partial charge is 0.368 e. The van der Waals surface area contributed by atoms with Crippen molar-refractivity contribution in [3.8, 4) is 0 Å².